The van der Waals surface area contributed by atoms with Gasteiger partial charge in [0.25, 0.3) is 0 Å². The van der Waals surface area contributed by atoms with E-state index in [4.69, 9.17) is 9.47 Å². The number of rotatable bonds is 5. The first kappa shape index (κ1) is 20.0. The zero-order valence-corrected chi connectivity index (χ0v) is 16.8. The summed E-state index contributed by atoms with van der Waals surface area (Å²) in [7, 11) is 1.48. The quantitative estimate of drug-likeness (QED) is 0.752. The Hall–Kier alpha value is -2.76. The number of aromatic hydroxyl groups is 1. The number of ketones is 1. The maximum Gasteiger partial charge on any atom is 0.337 e. The number of benzene rings is 1. The summed E-state index contributed by atoms with van der Waals surface area (Å²) in [6.07, 6.45) is 2.46. The second kappa shape index (κ2) is 8.09. The predicted octanol–water partition coefficient (Wildman–Crippen LogP) is 3.71. The largest absolute Gasteiger partial charge is 0.504 e. The van der Waals surface area contributed by atoms with Crippen molar-refractivity contribution in [3.63, 3.8) is 0 Å². The molecule has 0 saturated heterocycles. The van der Waals surface area contributed by atoms with Crippen molar-refractivity contribution >= 4 is 11.8 Å². The second-order valence-electron chi connectivity index (χ2n) is 7.32. The molecule has 0 spiro atoms. The summed E-state index contributed by atoms with van der Waals surface area (Å²) < 4.78 is 10.7. The minimum absolute atomic E-state index is 0.0235. The van der Waals surface area contributed by atoms with Crippen LogP contribution in [0.5, 0.6) is 11.5 Å². The molecule has 1 aromatic rings. The molecule has 1 heterocycles. The molecule has 2 atom stereocenters. The molecule has 6 nitrogen and oxygen atoms in total. The van der Waals surface area contributed by atoms with Crippen molar-refractivity contribution < 1.29 is 24.2 Å². The molecule has 0 fully saturated rings. The number of Topliss-reactive ketones (excluding diaryl/α,β-unsaturated/α-hetero) is 1. The number of hydrogen-bond donors (Lipinski definition) is 2. The van der Waals surface area contributed by atoms with Gasteiger partial charge in [-0.2, -0.15) is 0 Å². The predicted molar refractivity (Wildman–Crippen MR) is 105 cm³/mol. The number of nitrogens with one attached hydrogen (secondary N) is 1. The van der Waals surface area contributed by atoms with Gasteiger partial charge < -0.3 is 19.9 Å². The smallest absolute Gasteiger partial charge is 0.337 e. The molecule has 0 saturated carbocycles. The molecule has 2 N–H and O–H groups in total. The maximum atomic E-state index is 13.0. The van der Waals surface area contributed by atoms with Crippen LogP contribution < -0.4 is 10.1 Å². The highest BCUT2D eigenvalue weighted by Crippen LogP contribution is 2.44. The Morgan fingerprint density at radius 3 is 2.75 bits per heavy atom. The van der Waals surface area contributed by atoms with Crippen LogP contribution in [0.2, 0.25) is 0 Å². The molecule has 6 heteroatoms. The van der Waals surface area contributed by atoms with Gasteiger partial charge in [0.15, 0.2) is 17.3 Å². The van der Waals surface area contributed by atoms with Gasteiger partial charge in [0.1, 0.15) is 0 Å². The van der Waals surface area contributed by atoms with Gasteiger partial charge in [-0.15, -0.1) is 0 Å². The van der Waals surface area contributed by atoms with E-state index >= 15 is 0 Å². The first-order valence-corrected chi connectivity index (χ1v) is 9.69. The SMILES string of the molecule is CC[C@H](C)OC(=O)C1=C(C)NC2=C(C(=O)CCC2)[C@H]1c1ccc(OC)c(O)c1. The highest BCUT2D eigenvalue weighted by Gasteiger charge is 2.39. The number of esters is 1. The summed E-state index contributed by atoms with van der Waals surface area (Å²) in [5.41, 5.74) is 3.21. The normalized spacial score (nSPS) is 20.4. The zero-order valence-electron chi connectivity index (χ0n) is 16.8. The van der Waals surface area contributed by atoms with E-state index in [1.807, 2.05) is 20.8 Å². The van der Waals surface area contributed by atoms with Crippen LogP contribution in [0.1, 0.15) is 57.9 Å². The van der Waals surface area contributed by atoms with Crippen molar-refractivity contribution in [3.05, 3.63) is 46.3 Å². The molecule has 1 aliphatic heterocycles. The topological polar surface area (TPSA) is 84.9 Å². The highest BCUT2D eigenvalue weighted by atomic mass is 16.5. The molecule has 2 aliphatic rings. The third-order valence-electron chi connectivity index (χ3n) is 5.42. The van der Waals surface area contributed by atoms with Crippen LogP contribution in [0.25, 0.3) is 0 Å². The van der Waals surface area contributed by atoms with Gasteiger partial charge in [0, 0.05) is 29.3 Å². The van der Waals surface area contributed by atoms with Gasteiger partial charge in [-0.25, -0.2) is 4.79 Å². The van der Waals surface area contributed by atoms with Crippen LogP contribution in [0.15, 0.2) is 40.7 Å². The van der Waals surface area contributed by atoms with Crippen LogP contribution in [0.4, 0.5) is 0 Å². The lowest BCUT2D eigenvalue weighted by Crippen LogP contribution is -2.35. The molecule has 150 valence electrons. The van der Waals surface area contributed by atoms with Crippen molar-refractivity contribution in [1.29, 1.82) is 0 Å². The molecule has 0 aromatic heterocycles. The van der Waals surface area contributed by atoms with Crippen molar-refractivity contribution in [2.45, 2.75) is 58.5 Å². The van der Waals surface area contributed by atoms with E-state index in [9.17, 15) is 14.7 Å². The molecule has 28 heavy (non-hydrogen) atoms. The van der Waals surface area contributed by atoms with Crippen molar-refractivity contribution in [2.24, 2.45) is 0 Å². The van der Waals surface area contributed by atoms with E-state index in [2.05, 4.69) is 5.32 Å². The number of hydrogen-bond acceptors (Lipinski definition) is 6. The van der Waals surface area contributed by atoms with Crippen LogP contribution >= 0.6 is 0 Å². The van der Waals surface area contributed by atoms with Crippen molar-refractivity contribution in [2.75, 3.05) is 7.11 Å². The Bertz CT molecular complexity index is 868. The van der Waals surface area contributed by atoms with Gasteiger partial charge in [-0.05, 0) is 50.8 Å². The molecular formula is C22H27NO5. The van der Waals surface area contributed by atoms with Crippen LogP contribution in [0, 0.1) is 0 Å². The Morgan fingerprint density at radius 2 is 2.11 bits per heavy atom. The van der Waals surface area contributed by atoms with Gasteiger partial charge in [0.2, 0.25) is 0 Å². The lowest BCUT2D eigenvalue weighted by molar-refractivity contribution is -0.144. The van der Waals surface area contributed by atoms with Gasteiger partial charge in [0.05, 0.1) is 18.8 Å². The monoisotopic (exact) mass is 385 g/mol. The van der Waals surface area contributed by atoms with Crippen molar-refractivity contribution in [3.8, 4) is 11.5 Å². The minimum atomic E-state index is -0.572. The van der Waals surface area contributed by atoms with Crippen LogP contribution in [-0.2, 0) is 14.3 Å². The Labute approximate surface area is 165 Å². The summed E-state index contributed by atoms with van der Waals surface area (Å²) in [6.45, 7) is 5.61. The molecule has 1 aromatic carbocycles. The summed E-state index contributed by atoms with van der Waals surface area (Å²) in [5, 5.41) is 13.5. The third-order valence-corrected chi connectivity index (χ3v) is 5.42. The Kier molecular flexibility index (Phi) is 5.77. The average molecular weight is 385 g/mol. The number of dihydropyridines is 1. The van der Waals surface area contributed by atoms with E-state index in [1.54, 1.807) is 18.2 Å². The first-order chi connectivity index (χ1) is 13.4. The lowest BCUT2D eigenvalue weighted by Gasteiger charge is -2.34. The van der Waals surface area contributed by atoms with Gasteiger partial charge in [-0.1, -0.05) is 13.0 Å². The molecule has 0 unspecified atom stereocenters. The maximum absolute atomic E-state index is 13.0. The minimum Gasteiger partial charge on any atom is -0.504 e. The number of carbonyl (C=O) groups excluding carboxylic acids is 2. The molecule has 0 radical (unpaired) electrons. The van der Waals surface area contributed by atoms with Gasteiger partial charge >= 0.3 is 5.97 Å². The first-order valence-electron chi connectivity index (χ1n) is 9.69. The number of carbonyl (C=O) groups is 2. The number of phenolic OH excluding ortho intramolecular Hbond substituents is 1. The van der Waals surface area contributed by atoms with Crippen LogP contribution in [0.3, 0.4) is 0 Å². The lowest BCUT2D eigenvalue weighted by atomic mass is 9.75. The summed E-state index contributed by atoms with van der Waals surface area (Å²) in [5.74, 6) is -0.681. The molecule has 0 bridgehead atoms. The number of ether oxygens (including phenoxy) is 2. The Balaban J connectivity index is 2.13. The van der Waals surface area contributed by atoms with E-state index in [-0.39, 0.29) is 17.6 Å². The summed E-state index contributed by atoms with van der Waals surface area (Å²) in [4.78, 5) is 25.8. The molecule has 1 aliphatic carbocycles. The number of phenols is 1. The molecular weight excluding hydrogens is 358 g/mol. The summed E-state index contributed by atoms with van der Waals surface area (Å²) >= 11 is 0. The molecule has 3 rings (SSSR count). The Morgan fingerprint density at radius 1 is 1.36 bits per heavy atom. The zero-order chi connectivity index (χ0) is 20.4. The van der Waals surface area contributed by atoms with Crippen LogP contribution in [-0.4, -0.2) is 30.1 Å². The summed E-state index contributed by atoms with van der Waals surface area (Å²) in [6, 6.07) is 4.99. The number of allylic oxidation sites excluding steroid dienone is 3. The highest BCUT2D eigenvalue weighted by molar-refractivity contribution is 6.03. The second-order valence-corrected chi connectivity index (χ2v) is 7.32. The fraction of sp³-hybridized carbons (Fsp3) is 0.455. The van der Waals surface area contributed by atoms with E-state index < -0.39 is 11.9 Å². The fourth-order valence-electron chi connectivity index (χ4n) is 3.80. The fourth-order valence-corrected chi connectivity index (χ4v) is 3.80. The standard InChI is InChI=1S/C22H27NO5/c1-5-12(2)28-22(26)19-13(3)23-15-7-6-8-16(24)21(15)20(19)14-9-10-18(27-4)17(25)11-14/h9-12,20,23,25H,5-8H2,1-4H3/t12-,20-/m0/s1. The molecule has 0 amide bonds. The van der Waals surface area contributed by atoms with E-state index in [0.29, 0.717) is 41.0 Å². The third kappa shape index (κ3) is 3.63. The number of methoxy groups -OCH3 is 1. The van der Waals surface area contributed by atoms with Crippen molar-refractivity contribution in [1.82, 2.24) is 5.32 Å². The van der Waals surface area contributed by atoms with E-state index in [0.717, 1.165) is 18.5 Å². The average Bonchev–Trinajstić information content (AvgIpc) is 2.66. The van der Waals surface area contributed by atoms with Gasteiger partial charge in [-0.3, -0.25) is 4.79 Å². The van der Waals surface area contributed by atoms with E-state index in [1.165, 1.54) is 7.11 Å².